The highest BCUT2D eigenvalue weighted by Crippen LogP contribution is 2.44. The molecule has 1 aromatic carbocycles. The van der Waals surface area contributed by atoms with E-state index in [0.29, 0.717) is 61.3 Å². The zero-order valence-electron chi connectivity index (χ0n) is 25.4. The summed E-state index contributed by atoms with van der Waals surface area (Å²) >= 11 is 0. The first kappa shape index (κ1) is 30.8. The Bertz CT molecular complexity index is 1560. The Morgan fingerprint density at radius 3 is 2.55 bits per heavy atom. The van der Waals surface area contributed by atoms with Gasteiger partial charge in [0.05, 0.1) is 46.5 Å². The van der Waals surface area contributed by atoms with Crippen LogP contribution >= 0.6 is 0 Å². The first-order chi connectivity index (χ1) is 20.9. The molecule has 1 saturated carbocycles. The van der Waals surface area contributed by atoms with E-state index in [-0.39, 0.29) is 47.3 Å². The fourth-order valence-electron chi connectivity index (χ4n) is 7.33. The first-order valence-corrected chi connectivity index (χ1v) is 17.2. The standard InChI is InChI=1S/C31H42FN5O6S/c1-31(2)15-25-28(44(40,41)18-31)22-16-42-17-26(22)37(25)20-13-23(32)27(29(33)38)24(14-20)35-19-5-7-21(8-6-19)43-30(39)34-9-12-36-10-3-4-11-36/h13-14,19,21,35H,3-12,15-18H2,1-2H3,(H2,33,38)(H,34,39). The first-order valence-electron chi connectivity index (χ1n) is 15.5. The van der Waals surface area contributed by atoms with Gasteiger partial charge in [-0.05, 0) is 75.6 Å². The van der Waals surface area contributed by atoms with Gasteiger partial charge in [-0.15, -0.1) is 0 Å². The highest BCUT2D eigenvalue weighted by molar-refractivity contribution is 7.91. The summed E-state index contributed by atoms with van der Waals surface area (Å²) in [6.45, 7) is 7.72. The van der Waals surface area contributed by atoms with Gasteiger partial charge in [-0.3, -0.25) is 4.79 Å². The SMILES string of the molecule is CC1(C)Cc2c(c3c(n2-c2cc(F)c(C(N)=O)c(NC4CCC(OC(=O)NCCN5CCCC5)CC4)c2)COC3)S(=O)(=O)C1. The predicted molar refractivity (Wildman–Crippen MR) is 162 cm³/mol. The highest BCUT2D eigenvalue weighted by Gasteiger charge is 2.43. The van der Waals surface area contributed by atoms with E-state index >= 15 is 4.39 Å². The molecule has 0 spiro atoms. The molecule has 13 heteroatoms. The Kier molecular flexibility index (Phi) is 8.40. The number of hydrogen-bond acceptors (Lipinski definition) is 8. The van der Waals surface area contributed by atoms with Gasteiger partial charge in [0.15, 0.2) is 9.84 Å². The fourth-order valence-corrected chi connectivity index (χ4v) is 9.68. The number of nitrogens with one attached hydrogen (secondary N) is 2. The summed E-state index contributed by atoms with van der Waals surface area (Å²) in [6, 6.07) is 2.81. The third-order valence-electron chi connectivity index (χ3n) is 9.23. The van der Waals surface area contributed by atoms with E-state index in [1.807, 2.05) is 13.8 Å². The molecule has 11 nitrogen and oxygen atoms in total. The number of nitrogens with zero attached hydrogens (tertiary/aromatic N) is 2. The summed E-state index contributed by atoms with van der Waals surface area (Å²) in [5.41, 5.74) is 7.47. The maximum atomic E-state index is 15.6. The minimum atomic E-state index is -3.58. The van der Waals surface area contributed by atoms with Crippen LogP contribution < -0.4 is 16.4 Å². The van der Waals surface area contributed by atoms with E-state index in [2.05, 4.69) is 15.5 Å². The van der Waals surface area contributed by atoms with Gasteiger partial charge in [0.1, 0.15) is 11.9 Å². The highest BCUT2D eigenvalue weighted by atomic mass is 32.2. The number of ether oxygens (including phenoxy) is 2. The number of rotatable bonds is 8. The van der Waals surface area contributed by atoms with Crippen LogP contribution in [0, 0.1) is 11.2 Å². The molecule has 1 saturated heterocycles. The number of benzene rings is 1. The quantitative estimate of drug-likeness (QED) is 0.401. The molecule has 4 heterocycles. The van der Waals surface area contributed by atoms with Gasteiger partial charge in [-0.2, -0.15) is 0 Å². The third-order valence-corrected chi connectivity index (χ3v) is 11.5. The smallest absolute Gasteiger partial charge is 0.407 e. The lowest BCUT2D eigenvalue weighted by Gasteiger charge is -2.31. The number of primary amides is 1. The van der Waals surface area contributed by atoms with Gasteiger partial charge in [-0.1, -0.05) is 13.8 Å². The van der Waals surface area contributed by atoms with Crippen LogP contribution in [0.2, 0.25) is 0 Å². The minimum Gasteiger partial charge on any atom is -0.446 e. The largest absolute Gasteiger partial charge is 0.446 e. The molecule has 240 valence electrons. The van der Waals surface area contributed by atoms with E-state index < -0.39 is 33.1 Å². The van der Waals surface area contributed by atoms with Gasteiger partial charge in [0.2, 0.25) is 0 Å². The molecule has 6 rings (SSSR count). The van der Waals surface area contributed by atoms with Crippen LogP contribution in [0.15, 0.2) is 17.0 Å². The number of anilines is 1. The van der Waals surface area contributed by atoms with Crippen molar-refractivity contribution in [1.29, 1.82) is 0 Å². The van der Waals surface area contributed by atoms with Gasteiger partial charge in [0, 0.05) is 30.4 Å². The fraction of sp³-hybridized carbons (Fsp3) is 0.613. The second-order valence-electron chi connectivity index (χ2n) is 13.3. The summed E-state index contributed by atoms with van der Waals surface area (Å²) in [7, 11) is -3.58. The number of likely N-dealkylation sites (tertiary alicyclic amines) is 1. The zero-order valence-corrected chi connectivity index (χ0v) is 26.2. The number of nitrogens with two attached hydrogens (primary N) is 1. The molecule has 0 radical (unpaired) electrons. The summed E-state index contributed by atoms with van der Waals surface area (Å²) in [6.07, 6.45) is 4.78. The lowest BCUT2D eigenvalue weighted by Crippen LogP contribution is -2.37. The average molecular weight is 632 g/mol. The van der Waals surface area contributed by atoms with Gasteiger partial charge in [0.25, 0.3) is 5.91 Å². The molecule has 0 bridgehead atoms. The Balaban J connectivity index is 1.19. The van der Waals surface area contributed by atoms with E-state index in [1.165, 1.54) is 18.9 Å². The van der Waals surface area contributed by atoms with Crippen LogP contribution in [0.3, 0.4) is 0 Å². The number of aromatic nitrogens is 1. The van der Waals surface area contributed by atoms with Crippen molar-refractivity contribution in [2.45, 2.75) is 89.0 Å². The summed E-state index contributed by atoms with van der Waals surface area (Å²) in [4.78, 5) is 27.3. The maximum absolute atomic E-state index is 15.6. The van der Waals surface area contributed by atoms with Crippen LogP contribution in [-0.4, -0.2) is 74.0 Å². The molecular weight excluding hydrogens is 589 g/mol. The Morgan fingerprint density at radius 1 is 1.11 bits per heavy atom. The van der Waals surface area contributed by atoms with Gasteiger partial charge >= 0.3 is 6.09 Å². The van der Waals surface area contributed by atoms with Crippen molar-refractivity contribution in [1.82, 2.24) is 14.8 Å². The Morgan fingerprint density at radius 2 is 1.84 bits per heavy atom. The molecule has 1 aliphatic carbocycles. The van der Waals surface area contributed by atoms with Crippen molar-refractivity contribution in [3.05, 3.63) is 40.5 Å². The number of carbonyl (C=O) groups excluding carboxylic acids is 2. The number of hydrogen-bond donors (Lipinski definition) is 3. The lowest BCUT2D eigenvalue weighted by atomic mass is 9.89. The van der Waals surface area contributed by atoms with Gasteiger partial charge in [-0.25, -0.2) is 17.6 Å². The average Bonchev–Trinajstić information content (AvgIpc) is 3.66. The molecule has 4 aliphatic rings. The van der Waals surface area contributed by atoms with Crippen molar-refractivity contribution < 1.29 is 31.9 Å². The van der Waals surface area contributed by atoms with Crippen molar-refractivity contribution in [3.8, 4) is 5.69 Å². The Hall–Kier alpha value is -3.16. The van der Waals surface area contributed by atoms with E-state index in [1.54, 1.807) is 10.6 Å². The molecular formula is C31H42FN5O6S. The van der Waals surface area contributed by atoms with E-state index in [0.717, 1.165) is 19.6 Å². The number of halogens is 1. The number of fused-ring (bicyclic) bond motifs is 3. The maximum Gasteiger partial charge on any atom is 0.407 e. The van der Waals surface area contributed by atoms with Crippen molar-refractivity contribution in [2.75, 3.05) is 37.2 Å². The molecule has 2 amide bonds. The summed E-state index contributed by atoms with van der Waals surface area (Å²) < 4.78 is 55.5. The van der Waals surface area contributed by atoms with Gasteiger partial charge < -0.3 is 35.3 Å². The second kappa shape index (κ2) is 12.0. The summed E-state index contributed by atoms with van der Waals surface area (Å²) in [5, 5.41) is 6.17. The topological polar surface area (TPSA) is 145 Å². The molecule has 0 unspecified atom stereocenters. The number of amides is 2. The van der Waals surface area contributed by atoms with Crippen LogP contribution in [0.5, 0.6) is 0 Å². The minimum absolute atomic E-state index is 0.0257. The molecule has 1 aromatic heterocycles. The third kappa shape index (κ3) is 6.18. The molecule has 0 atom stereocenters. The van der Waals surface area contributed by atoms with Crippen molar-refractivity contribution >= 4 is 27.5 Å². The van der Waals surface area contributed by atoms with E-state index in [4.69, 9.17) is 15.2 Å². The van der Waals surface area contributed by atoms with Crippen molar-refractivity contribution in [3.63, 3.8) is 0 Å². The molecule has 44 heavy (non-hydrogen) atoms. The second-order valence-corrected chi connectivity index (χ2v) is 15.3. The molecule has 4 N–H and O–H groups in total. The van der Waals surface area contributed by atoms with Crippen LogP contribution in [0.25, 0.3) is 5.69 Å². The van der Waals surface area contributed by atoms with Crippen LogP contribution in [-0.2, 0) is 38.9 Å². The number of sulfone groups is 1. The molecule has 2 aromatic rings. The monoisotopic (exact) mass is 631 g/mol. The van der Waals surface area contributed by atoms with Crippen LogP contribution in [0.1, 0.15) is 79.7 Å². The molecule has 3 aliphatic heterocycles. The zero-order chi connectivity index (χ0) is 31.2. The predicted octanol–water partition coefficient (Wildman–Crippen LogP) is 3.65. The lowest BCUT2D eigenvalue weighted by molar-refractivity contribution is 0.0727. The van der Waals surface area contributed by atoms with E-state index in [9.17, 15) is 18.0 Å². The molecule has 2 fully saturated rings. The summed E-state index contributed by atoms with van der Waals surface area (Å²) in [5.74, 6) is -1.66. The van der Waals surface area contributed by atoms with Crippen molar-refractivity contribution in [2.24, 2.45) is 11.1 Å². The number of alkyl carbamates (subject to hydrolysis) is 1. The normalized spacial score (nSPS) is 24.0. The Labute approximate surface area is 257 Å². The number of carbonyl (C=O) groups is 2. The van der Waals surface area contributed by atoms with Crippen LogP contribution in [0.4, 0.5) is 14.9 Å².